The maximum Gasteiger partial charge on any atom is 0.416 e. The van der Waals surface area contributed by atoms with Crippen molar-refractivity contribution >= 4 is 6.08 Å². The molecule has 0 atom stereocenters. The minimum Gasteiger partial charge on any atom is -0.166 e. The molecule has 0 aliphatic heterocycles. The minimum atomic E-state index is -4.29. The Bertz CT molecular complexity index is 682. The second-order valence-corrected chi connectivity index (χ2v) is 4.92. The van der Waals surface area contributed by atoms with Crippen LogP contribution >= 0.6 is 0 Å². The molecule has 21 heavy (non-hydrogen) atoms. The van der Waals surface area contributed by atoms with Gasteiger partial charge in [-0.25, -0.2) is 0 Å². The summed E-state index contributed by atoms with van der Waals surface area (Å²) in [7, 11) is 0. The Labute approximate surface area is 140 Å². The average Bonchev–Trinajstić information content (AvgIpc) is 2.78. The second-order valence-electron chi connectivity index (χ2n) is 4.92. The van der Waals surface area contributed by atoms with Crippen LogP contribution in [0.5, 0.6) is 0 Å². The first-order valence-corrected chi connectivity index (χ1v) is 6.29. The maximum atomic E-state index is 12.6. The normalized spacial score (nSPS) is 13.4. The first kappa shape index (κ1) is 16.2. The number of alkyl halides is 3. The number of hydrogen-bond donors (Lipinski definition) is 0. The van der Waals surface area contributed by atoms with E-state index in [-0.39, 0.29) is 26.2 Å². The molecule has 0 unspecified atom stereocenters. The van der Waals surface area contributed by atoms with Gasteiger partial charge in [-0.1, -0.05) is 42.0 Å². The minimum absolute atomic E-state index is 0. The van der Waals surface area contributed by atoms with Gasteiger partial charge in [0.1, 0.15) is 0 Å². The van der Waals surface area contributed by atoms with Crippen molar-refractivity contribution in [2.24, 2.45) is 0 Å². The van der Waals surface area contributed by atoms with Crippen molar-refractivity contribution < 1.29 is 39.4 Å². The summed E-state index contributed by atoms with van der Waals surface area (Å²) >= 11 is 0. The van der Waals surface area contributed by atoms with Gasteiger partial charge in [0.25, 0.3) is 0 Å². The number of rotatable bonds is 1. The Balaban J connectivity index is 0.00000161. The first-order chi connectivity index (χ1) is 9.45. The van der Waals surface area contributed by atoms with E-state index in [9.17, 15) is 13.2 Å². The first-order valence-electron chi connectivity index (χ1n) is 6.29. The molecule has 0 spiro atoms. The molecule has 0 saturated carbocycles. The molecule has 1 aliphatic rings. The fourth-order valence-electron chi connectivity index (χ4n) is 2.48. The standard InChI is InChI=1S/C17H12F3.Zr/c1-11-9-13-3-2-4-15(16(13)10-11)12-5-7-14(8-6-12)17(18,19)20;/h2-10H,1H3;. The van der Waals surface area contributed by atoms with Crippen molar-refractivity contribution in [3.63, 3.8) is 0 Å². The summed E-state index contributed by atoms with van der Waals surface area (Å²) in [5, 5.41) is 0. The van der Waals surface area contributed by atoms with Gasteiger partial charge in [-0.05, 0) is 41.3 Å². The van der Waals surface area contributed by atoms with Gasteiger partial charge in [0.05, 0.1) is 5.56 Å². The monoisotopic (exact) mass is 363 g/mol. The summed E-state index contributed by atoms with van der Waals surface area (Å²) in [6.07, 6.45) is -0.160. The summed E-state index contributed by atoms with van der Waals surface area (Å²) < 4.78 is 37.7. The maximum absolute atomic E-state index is 12.6. The molecule has 4 heteroatoms. The summed E-state index contributed by atoms with van der Waals surface area (Å²) in [4.78, 5) is 0. The van der Waals surface area contributed by atoms with Crippen LogP contribution in [0, 0.1) is 6.42 Å². The van der Waals surface area contributed by atoms with Gasteiger partial charge in [0, 0.05) is 32.6 Å². The van der Waals surface area contributed by atoms with Crippen LogP contribution in [0.25, 0.3) is 17.2 Å². The third-order valence-corrected chi connectivity index (χ3v) is 3.42. The Hall–Kier alpha value is -1.15. The van der Waals surface area contributed by atoms with Gasteiger partial charge in [0.2, 0.25) is 0 Å². The predicted octanol–water partition coefficient (Wildman–Crippen LogP) is 5.34. The van der Waals surface area contributed by atoms with Crippen LogP contribution in [-0.2, 0) is 32.4 Å². The van der Waals surface area contributed by atoms with Crippen LogP contribution in [0.15, 0.2) is 48.0 Å². The van der Waals surface area contributed by atoms with Crippen LogP contribution in [0.1, 0.15) is 23.6 Å². The number of halogens is 3. The molecule has 0 aromatic heterocycles. The van der Waals surface area contributed by atoms with Crippen LogP contribution in [0.2, 0.25) is 0 Å². The summed E-state index contributed by atoms with van der Waals surface area (Å²) in [5.41, 5.74) is 4.48. The van der Waals surface area contributed by atoms with Crippen molar-refractivity contribution in [3.8, 4) is 11.1 Å². The SMILES string of the molecule is CC1=Cc2c(cccc2-c2ccc(C(F)(F)F)cc2)[CH]1.[Zr]. The number of hydrogen-bond acceptors (Lipinski definition) is 0. The van der Waals surface area contributed by atoms with E-state index in [1.807, 2.05) is 25.1 Å². The molecular weight excluding hydrogens is 352 g/mol. The molecule has 105 valence electrons. The molecule has 3 rings (SSSR count). The van der Waals surface area contributed by atoms with E-state index in [0.29, 0.717) is 0 Å². The van der Waals surface area contributed by atoms with E-state index in [2.05, 4.69) is 12.5 Å². The van der Waals surface area contributed by atoms with E-state index < -0.39 is 11.7 Å². The smallest absolute Gasteiger partial charge is 0.166 e. The molecule has 0 fully saturated rings. The molecule has 2 aromatic carbocycles. The second kappa shape index (κ2) is 5.92. The zero-order chi connectivity index (χ0) is 14.3. The van der Waals surface area contributed by atoms with Crippen molar-refractivity contribution in [1.82, 2.24) is 0 Å². The van der Waals surface area contributed by atoms with E-state index in [1.54, 1.807) is 0 Å². The Morgan fingerprint density at radius 2 is 1.57 bits per heavy atom. The van der Waals surface area contributed by atoms with E-state index in [0.717, 1.165) is 40.0 Å². The van der Waals surface area contributed by atoms with Crippen molar-refractivity contribution in [2.45, 2.75) is 13.1 Å². The third kappa shape index (κ3) is 3.21. The van der Waals surface area contributed by atoms with E-state index in [4.69, 9.17) is 0 Å². The van der Waals surface area contributed by atoms with Crippen molar-refractivity contribution in [1.29, 1.82) is 0 Å². The number of allylic oxidation sites excluding steroid dienone is 1. The fraction of sp³-hybridized carbons (Fsp3) is 0.118. The predicted molar refractivity (Wildman–Crippen MR) is 73.9 cm³/mol. The molecule has 0 amide bonds. The topological polar surface area (TPSA) is 0 Å². The van der Waals surface area contributed by atoms with Gasteiger partial charge in [0.15, 0.2) is 0 Å². The average molecular weight is 365 g/mol. The summed E-state index contributed by atoms with van der Waals surface area (Å²) in [6.45, 7) is 2.01. The summed E-state index contributed by atoms with van der Waals surface area (Å²) in [5.74, 6) is 0. The Kier molecular flexibility index (Phi) is 4.58. The molecule has 1 radical (unpaired) electrons. The van der Waals surface area contributed by atoms with Crippen LogP contribution in [0.3, 0.4) is 0 Å². The van der Waals surface area contributed by atoms with Crippen molar-refractivity contribution in [3.05, 3.63) is 71.1 Å². The molecule has 0 N–H and O–H groups in total. The van der Waals surface area contributed by atoms with E-state index in [1.165, 1.54) is 12.1 Å². The zero-order valence-corrected chi connectivity index (χ0v) is 13.8. The molecule has 0 nitrogen and oxygen atoms in total. The van der Waals surface area contributed by atoms with Crippen molar-refractivity contribution in [2.75, 3.05) is 0 Å². The van der Waals surface area contributed by atoms with Gasteiger partial charge < -0.3 is 0 Å². The zero-order valence-electron chi connectivity index (χ0n) is 11.3. The van der Waals surface area contributed by atoms with Crippen LogP contribution < -0.4 is 0 Å². The fourth-order valence-corrected chi connectivity index (χ4v) is 2.48. The molecule has 0 saturated heterocycles. The van der Waals surface area contributed by atoms with Gasteiger partial charge in [-0.15, -0.1) is 0 Å². The van der Waals surface area contributed by atoms with Gasteiger partial charge in [-0.3, -0.25) is 0 Å². The Morgan fingerprint density at radius 1 is 0.905 bits per heavy atom. The molecule has 2 aromatic rings. The van der Waals surface area contributed by atoms with Gasteiger partial charge >= 0.3 is 6.18 Å². The Morgan fingerprint density at radius 3 is 2.19 bits per heavy atom. The van der Waals surface area contributed by atoms with Crippen LogP contribution in [-0.4, -0.2) is 0 Å². The third-order valence-electron chi connectivity index (χ3n) is 3.42. The number of benzene rings is 2. The number of fused-ring (bicyclic) bond motifs is 1. The molecule has 0 bridgehead atoms. The largest absolute Gasteiger partial charge is 0.416 e. The quantitative estimate of drug-likeness (QED) is 0.641. The van der Waals surface area contributed by atoms with E-state index >= 15 is 0 Å². The molecular formula is C17H12F3Zr. The van der Waals surface area contributed by atoms with Gasteiger partial charge in [-0.2, -0.15) is 13.2 Å². The van der Waals surface area contributed by atoms with Crippen LogP contribution in [0.4, 0.5) is 13.2 Å². The summed E-state index contributed by atoms with van der Waals surface area (Å²) in [6, 6.07) is 11.2. The molecule has 1 aliphatic carbocycles. The molecule has 0 heterocycles.